The van der Waals surface area contributed by atoms with Gasteiger partial charge in [-0.3, -0.25) is 4.79 Å². The minimum absolute atomic E-state index is 0.203. The molecule has 1 fully saturated rings. The van der Waals surface area contributed by atoms with Crippen molar-refractivity contribution in [2.75, 3.05) is 26.7 Å². The number of amides is 1. The van der Waals surface area contributed by atoms with Gasteiger partial charge in [0.25, 0.3) is 0 Å². The average Bonchev–Trinajstić information content (AvgIpc) is 2.93. The first-order valence-corrected chi connectivity index (χ1v) is 7.35. The molecule has 1 amide bonds. The Hall–Kier alpha value is -2.02. The number of nitrogens with zero attached hydrogens (tertiary/aromatic N) is 1. The quantitative estimate of drug-likeness (QED) is 0.845. The highest BCUT2D eigenvalue weighted by Gasteiger charge is 2.31. The second-order valence-electron chi connectivity index (χ2n) is 5.42. The molecule has 0 bridgehead atoms. The summed E-state index contributed by atoms with van der Waals surface area (Å²) in [5.41, 5.74) is 0.212. The maximum Gasteiger partial charge on any atom is 0.573 e. The number of hydrogen-bond donors (Lipinski definition) is 1. The zero-order valence-corrected chi connectivity index (χ0v) is 12.8. The highest BCUT2D eigenvalue weighted by Crippen LogP contribution is 2.27. The summed E-state index contributed by atoms with van der Waals surface area (Å²) in [6, 6.07) is 5.73. The first-order valence-electron chi connectivity index (χ1n) is 7.35. The van der Waals surface area contributed by atoms with Crippen molar-refractivity contribution >= 4 is 12.0 Å². The van der Waals surface area contributed by atoms with Gasteiger partial charge >= 0.3 is 6.36 Å². The highest BCUT2D eigenvalue weighted by atomic mass is 19.4. The molecule has 1 unspecified atom stereocenters. The van der Waals surface area contributed by atoms with E-state index in [0.29, 0.717) is 19.0 Å². The lowest BCUT2D eigenvalue weighted by molar-refractivity contribution is -0.274. The van der Waals surface area contributed by atoms with Gasteiger partial charge in [-0.15, -0.1) is 13.2 Å². The molecule has 23 heavy (non-hydrogen) atoms. The van der Waals surface area contributed by atoms with Gasteiger partial charge in [0.1, 0.15) is 5.75 Å². The maximum absolute atomic E-state index is 12.4. The lowest BCUT2D eigenvalue weighted by Crippen LogP contribution is -2.28. The number of hydrogen-bond acceptors (Lipinski definition) is 3. The molecule has 1 N–H and O–H groups in total. The van der Waals surface area contributed by atoms with Gasteiger partial charge in [0.05, 0.1) is 0 Å². The van der Waals surface area contributed by atoms with Gasteiger partial charge in [0, 0.05) is 24.7 Å². The fourth-order valence-corrected chi connectivity index (χ4v) is 2.59. The summed E-state index contributed by atoms with van der Waals surface area (Å²) in [5, 5.41) is 3.08. The second kappa shape index (κ2) is 7.50. The van der Waals surface area contributed by atoms with Crippen molar-refractivity contribution in [3.05, 3.63) is 35.9 Å². The van der Waals surface area contributed by atoms with Gasteiger partial charge in [-0.25, -0.2) is 0 Å². The third-order valence-electron chi connectivity index (χ3n) is 3.64. The Morgan fingerprint density at radius 2 is 2.17 bits per heavy atom. The van der Waals surface area contributed by atoms with Gasteiger partial charge in [0.2, 0.25) is 5.91 Å². The van der Waals surface area contributed by atoms with Crippen LogP contribution in [-0.4, -0.2) is 43.9 Å². The number of halogens is 3. The highest BCUT2D eigenvalue weighted by molar-refractivity contribution is 5.92. The van der Waals surface area contributed by atoms with Gasteiger partial charge in [-0.2, -0.15) is 0 Å². The van der Waals surface area contributed by atoms with Crippen LogP contribution in [0.4, 0.5) is 13.2 Å². The minimum Gasteiger partial charge on any atom is -0.405 e. The molecule has 0 saturated carbocycles. The first kappa shape index (κ1) is 17.3. The molecule has 1 atom stereocenters. The van der Waals surface area contributed by atoms with Crippen molar-refractivity contribution in [1.29, 1.82) is 0 Å². The Morgan fingerprint density at radius 1 is 1.43 bits per heavy atom. The third-order valence-corrected chi connectivity index (χ3v) is 3.64. The molecule has 1 aromatic rings. The van der Waals surface area contributed by atoms with Crippen molar-refractivity contribution in [1.82, 2.24) is 10.2 Å². The summed E-state index contributed by atoms with van der Waals surface area (Å²) < 4.78 is 41.0. The molecular formula is C16H19F3N2O2. The Morgan fingerprint density at radius 3 is 2.87 bits per heavy atom. The van der Waals surface area contributed by atoms with Crippen LogP contribution in [0.5, 0.6) is 5.75 Å². The Bertz CT molecular complexity index is 573. The van der Waals surface area contributed by atoms with Crippen LogP contribution in [0.3, 0.4) is 0 Å². The summed E-state index contributed by atoms with van der Waals surface area (Å²) in [6.45, 7) is 2.16. The Kier molecular flexibility index (Phi) is 5.65. The van der Waals surface area contributed by atoms with Crippen LogP contribution in [-0.2, 0) is 4.79 Å². The maximum atomic E-state index is 12.4. The molecule has 0 aliphatic carbocycles. The number of para-hydroxylation sites is 1. The predicted octanol–water partition coefficient (Wildman–Crippen LogP) is 2.67. The number of ether oxygens (including phenoxy) is 1. The summed E-state index contributed by atoms with van der Waals surface area (Å²) in [5.74, 6) is -0.109. The molecule has 0 radical (unpaired) electrons. The summed E-state index contributed by atoms with van der Waals surface area (Å²) in [7, 11) is 1.86. The van der Waals surface area contributed by atoms with Gasteiger partial charge in [-0.1, -0.05) is 18.2 Å². The molecule has 1 aliphatic heterocycles. The summed E-state index contributed by atoms with van der Waals surface area (Å²) in [4.78, 5) is 13.8. The zero-order valence-electron chi connectivity index (χ0n) is 12.8. The molecule has 1 saturated heterocycles. The lowest BCUT2D eigenvalue weighted by Gasteiger charge is -2.14. The van der Waals surface area contributed by atoms with Crippen LogP contribution >= 0.6 is 0 Å². The summed E-state index contributed by atoms with van der Waals surface area (Å²) >= 11 is 0. The first-order chi connectivity index (χ1) is 10.9. The van der Waals surface area contributed by atoms with E-state index in [-0.39, 0.29) is 17.2 Å². The van der Waals surface area contributed by atoms with E-state index in [1.165, 1.54) is 30.4 Å². The number of nitrogens with one attached hydrogen (secondary N) is 1. The number of benzene rings is 1. The van der Waals surface area contributed by atoms with Crippen molar-refractivity contribution in [3.63, 3.8) is 0 Å². The molecule has 7 heteroatoms. The number of likely N-dealkylation sites (tertiary alicyclic amines) is 1. The monoisotopic (exact) mass is 328 g/mol. The van der Waals surface area contributed by atoms with Crippen LogP contribution < -0.4 is 10.1 Å². The van der Waals surface area contributed by atoms with E-state index in [9.17, 15) is 18.0 Å². The van der Waals surface area contributed by atoms with Crippen molar-refractivity contribution in [3.8, 4) is 5.75 Å². The van der Waals surface area contributed by atoms with Gasteiger partial charge in [-0.05, 0) is 38.1 Å². The topological polar surface area (TPSA) is 41.6 Å². The van der Waals surface area contributed by atoms with E-state index in [2.05, 4.69) is 10.1 Å². The Labute approximate surface area is 132 Å². The van der Waals surface area contributed by atoms with E-state index in [0.717, 1.165) is 13.0 Å². The molecule has 0 spiro atoms. The molecule has 1 aromatic carbocycles. The number of rotatable bonds is 5. The molecule has 0 aromatic heterocycles. The number of alkyl halides is 3. The second-order valence-corrected chi connectivity index (χ2v) is 5.42. The fourth-order valence-electron chi connectivity index (χ4n) is 2.59. The van der Waals surface area contributed by atoms with Crippen molar-refractivity contribution in [2.24, 2.45) is 5.92 Å². The largest absolute Gasteiger partial charge is 0.573 e. The van der Waals surface area contributed by atoms with E-state index in [1.807, 2.05) is 7.05 Å². The van der Waals surface area contributed by atoms with Crippen LogP contribution in [0.15, 0.2) is 30.3 Å². The minimum atomic E-state index is -4.76. The van der Waals surface area contributed by atoms with Crippen LogP contribution in [0.25, 0.3) is 6.08 Å². The zero-order chi connectivity index (χ0) is 16.9. The van der Waals surface area contributed by atoms with Crippen LogP contribution in [0, 0.1) is 5.92 Å². The Balaban J connectivity index is 2.02. The number of carbonyl (C=O) groups excluding carboxylic acids is 1. The van der Waals surface area contributed by atoms with Gasteiger partial charge in [0.15, 0.2) is 0 Å². The van der Waals surface area contributed by atoms with E-state index < -0.39 is 6.36 Å². The normalized spacial score (nSPS) is 18.6. The van der Waals surface area contributed by atoms with Gasteiger partial charge < -0.3 is 15.0 Å². The van der Waals surface area contributed by atoms with E-state index in [1.54, 1.807) is 11.0 Å². The molecule has 2 rings (SSSR count). The lowest BCUT2D eigenvalue weighted by atomic mass is 10.1. The smallest absolute Gasteiger partial charge is 0.405 e. The number of carbonyl (C=O) groups is 1. The standard InChI is InChI=1S/C16H19F3N2O2/c1-20-10-12-8-9-21(11-12)15(22)7-6-13-4-2-3-5-14(13)23-16(17,18)19/h2-7,12,20H,8-11H2,1H3/b7-6+. The van der Waals surface area contributed by atoms with Crippen LogP contribution in [0.2, 0.25) is 0 Å². The SMILES string of the molecule is CNCC1CCN(C(=O)/C=C/c2ccccc2OC(F)(F)F)C1. The molecular weight excluding hydrogens is 309 g/mol. The summed E-state index contributed by atoms with van der Waals surface area (Å²) in [6.07, 6.45) is -1.19. The molecule has 1 aliphatic rings. The predicted molar refractivity (Wildman–Crippen MR) is 80.8 cm³/mol. The van der Waals surface area contributed by atoms with E-state index >= 15 is 0 Å². The molecule has 4 nitrogen and oxygen atoms in total. The van der Waals surface area contributed by atoms with Crippen molar-refractivity contribution in [2.45, 2.75) is 12.8 Å². The van der Waals surface area contributed by atoms with Crippen molar-refractivity contribution < 1.29 is 22.7 Å². The molecule has 126 valence electrons. The average molecular weight is 328 g/mol. The fraction of sp³-hybridized carbons (Fsp3) is 0.438. The van der Waals surface area contributed by atoms with Crippen LogP contribution in [0.1, 0.15) is 12.0 Å². The third kappa shape index (κ3) is 5.28. The van der Waals surface area contributed by atoms with E-state index in [4.69, 9.17) is 0 Å². The molecule has 1 heterocycles.